The van der Waals surface area contributed by atoms with Gasteiger partial charge >= 0.3 is 0 Å². The molecular weight excluding hydrogens is 574 g/mol. The number of amides is 3. The number of nitrogens with zero attached hydrogens (tertiary/aromatic N) is 2. The summed E-state index contributed by atoms with van der Waals surface area (Å²) in [6.45, 7) is 5.54. The Balaban J connectivity index is 1.42. The first-order chi connectivity index (χ1) is 21.1. The number of nitrogens with one attached hydrogen (secondary N) is 2. The van der Waals surface area contributed by atoms with Gasteiger partial charge in [0.05, 0.1) is 31.3 Å². The number of carbonyl (C=O) groups excluding carboxylic acids is 3. The third kappa shape index (κ3) is 7.18. The standard InChI is InChI=1S/C32H46F2N4O6/c1-3-20(19-39)29(40)36-28(21-9-12-32(33,34)13-10-21)31(42)38-16-22-15-23(43-4-2)17-37(22)18-26(38)30(41)35-25-11-14-44-27-8-6-5-7-24(25)27/h5-8,20-23,25-26,28,39H,3-4,9-19H2,1-2H3,(H,35,41)(H,36,40)/t20-,22+,23+,25+,26-,28-/m0/s1. The van der Waals surface area contributed by atoms with Gasteiger partial charge in [-0.25, -0.2) is 8.78 Å². The molecule has 0 spiro atoms. The average Bonchev–Trinajstić information content (AvgIpc) is 3.41. The molecule has 3 aliphatic heterocycles. The molecule has 0 radical (unpaired) electrons. The van der Waals surface area contributed by atoms with Crippen molar-refractivity contribution in [1.82, 2.24) is 20.4 Å². The van der Waals surface area contributed by atoms with Crippen LogP contribution in [0.4, 0.5) is 8.78 Å². The first kappa shape index (κ1) is 32.6. The van der Waals surface area contributed by atoms with Gasteiger partial charge in [0.15, 0.2) is 0 Å². The van der Waals surface area contributed by atoms with Crippen LogP contribution >= 0.6 is 0 Å². The summed E-state index contributed by atoms with van der Waals surface area (Å²) in [5.74, 6) is -4.55. The molecule has 10 nitrogen and oxygen atoms in total. The number of ether oxygens (including phenoxy) is 2. The maximum absolute atomic E-state index is 14.5. The van der Waals surface area contributed by atoms with Crippen LogP contribution in [-0.4, -0.2) is 102 Å². The number of carbonyl (C=O) groups is 3. The zero-order chi connectivity index (χ0) is 31.4. The number of hydrogen-bond donors (Lipinski definition) is 3. The Kier molecular flexibility index (Phi) is 10.4. The van der Waals surface area contributed by atoms with Gasteiger partial charge in [0.2, 0.25) is 23.6 Å². The second kappa shape index (κ2) is 14.1. The largest absolute Gasteiger partial charge is 0.493 e. The maximum Gasteiger partial charge on any atom is 0.248 e. The van der Waals surface area contributed by atoms with Gasteiger partial charge in [-0.1, -0.05) is 25.1 Å². The van der Waals surface area contributed by atoms with E-state index in [1.54, 1.807) is 11.8 Å². The molecule has 5 rings (SSSR count). The number of benzene rings is 1. The van der Waals surface area contributed by atoms with Crippen molar-refractivity contribution in [1.29, 1.82) is 0 Å². The van der Waals surface area contributed by atoms with E-state index in [9.17, 15) is 28.3 Å². The smallest absolute Gasteiger partial charge is 0.248 e. The minimum Gasteiger partial charge on any atom is -0.493 e. The Hall–Kier alpha value is -2.83. The van der Waals surface area contributed by atoms with E-state index in [0.29, 0.717) is 51.3 Å². The molecular formula is C32H46F2N4O6. The Morgan fingerprint density at radius 1 is 1.11 bits per heavy atom. The van der Waals surface area contributed by atoms with Crippen LogP contribution in [0.2, 0.25) is 0 Å². The second-order valence-electron chi connectivity index (χ2n) is 12.6. The summed E-state index contributed by atoms with van der Waals surface area (Å²) in [5, 5.41) is 15.7. The lowest BCUT2D eigenvalue weighted by Gasteiger charge is -2.45. The van der Waals surface area contributed by atoms with Gasteiger partial charge in [-0.3, -0.25) is 19.3 Å². The predicted molar refractivity (Wildman–Crippen MR) is 158 cm³/mol. The number of piperazine rings is 1. The van der Waals surface area contributed by atoms with E-state index in [-0.39, 0.29) is 62.9 Å². The van der Waals surface area contributed by atoms with E-state index in [1.165, 1.54) is 0 Å². The molecule has 0 aromatic heterocycles. The van der Waals surface area contributed by atoms with Gasteiger partial charge in [0, 0.05) is 57.1 Å². The van der Waals surface area contributed by atoms with Crippen LogP contribution in [0.5, 0.6) is 5.75 Å². The number of aliphatic hydroxyl groups is 1. The molecule has 44 heavy (non-hydrogen) atoms. The fraction of sp³-hybridized carbons (Fsp3) is 0.719. The molecule has 12 heteroatoms. The molecule has 244 valence electrons. The van der Waals surface area contributed by atoms with Gasteiger partial charge in [0.25, 0.3) is 0 Å². The first-order valence-corrected chi connectivity index (χ1v) is 16.1. The van der Waals surface area contributed by atoms with E-state index < -0.39 is 41.7 Å². The molecule has 3 N–H and O–H groups in total. The Morgan fingerprint density at radius 3 is 2.57 bits per heavy atom. The third-order valence-corrected chi connectivity index (χ3v) is 9.82. The fourth-order valence-corrected chi connectivity index (χ4v) is 7.23. The van der Waals surface area contributed by atoms with Crippen molar-refractivity contribution in [3.05, 3.63) is 29.8 Å². The summed E-state index contributed by atoms with van der Waals surface area (Å²) < 4.78 is 40.0. The quantitative estimate of drug-likeness (QED) is 0.368. The van der Waals surface area contributed by atoms with E-state index >= 15 is 0 Å². The number of aliphatic hydroxyl groups excluding tert-OH is 1. The Morgan fingerprint density at radius 2 is 1.86 bits per heavy atom. The number of fused-ring (bicyclic) bond motifs is 2. The monoisotopic (exact) mass is 620 g/mol. The summed E-state index contributed by atoms with van der Waals surface area (Å²) in [7, 11) is 0. The topological polar surface area (TPSA) is 120 Å². The van der Waals surface area contributed by atoms with Crippen molar-refractivity contribution in [3.8, 4) is 5.75 Å². The van der Waals surface area contributed by atoms with Crippen LogP contribution in [-0.2, 0) is 19.1 Å². The van der Waals surface area contributed by atoms with Gasteiger partial charge in [-0.05, 0) is 44.6 Å². The highest BCUT2D eigenvalue weighted by Gasteiger charge is 2.49. The van der Waals surface area contributed by atoms with E-state index in [0.717, 1.165) is 5.56 Å². The Labute approximate surface area is 257 Å². The third-order valence-electron chi connectivity index (χ3n) is 9.82. The molecule has 1 aromatic carbocycles. The minimum atomic E-state index is -2.81. The van der Waals surface area contributed by atoms with Gasteiger partial charge in [-0.15, -0.1) is 0 Å². The summed E-state index contributed by atoms with van der Waals surface area (Å²) in [6, 6.07) is 5.31. The lowest BCUT2D eigenvalue weighted by Crippen LogP contribution is -2.66. The molecule has 1 aliphatic carbocycles. The van der Waals surface area contributed by atoms with Crippen LogP contribution in [0.1, 0.15) is 70.4 Å². The second-order valence-corrected chi connectivity index (χ2v) is 12.6. The SMILES string of the molecule is CCO[C@@H]1C[C@@H]2CN(C(=O)[C@@H](NC(=O)[C@@H](CC)CO)C3CCC(F)(F)CC3)[C@H](C(=O)N[C@@H]3CCOc4ccccc43)CN2C1. The van der Waals surface area contributed by atoms with Gasteiger partial charge in [-0.2, -0.15) is 0 Å². The average molecular weight is 621 g/mol. The maximum atomic E-state index is 14.5. The Bertz CT molecular complexity index is 1170. The van der Waals surface area contributed by atoms with Crippen molar-refractivity contribution in [2.24, 2.45) is 11.8 Å². The molecule has 0 unspecified atom stereocenters. The predicted octanol–water partition coefficient (Wildman–Crippen LogP) is 2.65. The molecule has 1 aromatic rings. The van der Waals surface area contributed by atoms with Gasteiger partial charge < -0.3 is 30.1 Å². The van der Waals surface area contributed by atoms with Crippen LogP contribution < -0.4 is 15.4 Å². The highest BCUT2D eigenvalue weighted by Crippen LogP contribution is 2.39. The number of rotatable bonds is 10. The summed E-state index contributed by atoms with van der Waals surface area (Å²) in [6.07, 6.45) is 1.05. The zero-order valence-electron chi connectivity index (χ0n) is 25.7. The van der Waals surface area contributed by atoms with Crippen LogP contribution in [0.25, 0.3) is 0 Å². The first-order valence-electron chi connectivity index (χ1n) is 16.1. The minimum absolute atomic E-state index is 0.0166. The van der Waals surface area contributed by atoms with Crippen LogP contribution in [0, 0.1) is 11.8 Å². The number of hydrogen-bond acceptors (Lipinski definition) is 7. The lowest BCUT2D eigenvalue weighted by atomic mass is 9.81. The zero-order valence-corrected chi connectivity index (χ0v) is 25.7. The fourth-order valence-electron chi connectivity index (χ4n) is 7.23. The highest BCUT2D eigenvalue weighted by atomic mass is 19.3. The molecule has 4 aliphatic rings. The van der Waals surface area contributed by atoms with Crippen molar-refractivity contribution in [3.63, 3.8) is 0 Å². The highest BCUT2D eigenvalue weighted by molar-refractivity contribution is 5.93. The van der Waals surface area contributed by atoms with E-state index in [2.05, 4.69) is 15.5 Å². The van der Waals surface area contributed by atoms with Crippen molar-refractivity contribution < 1.29 is 37.7 Å². The van der Waals surface area contributed by atoms with E-state index in [1.807, 2.05) is 31.2 Å². The number of halogens is 2. The molecule has 2 saturated heterocycles. The van der Waals surface area contributed by atoms with Crippen molar-refractivity contribution in [2.75, 3.05) is 39.5 Å². The van der Waals surface area contributed by atoms with Crippen LogP contribution in [0.3, 0.4) is 0 Å². The molecule has 3 heterocycles. The normalized spacial score (nSPS) is 28.2. The summed E-state index contributed by atoms with van der Waals surface area (Å²) in [5.41, 5.74) is 0.874. The number of alkyl halides is 2. The van der Waals surface area contributed by atoms with Crippen LogP contribution in [0.15, 0.2) is 24.3 Å². The summed E-state index contributed by atoms with van der Waals surface area (Å²) in [4.78, 5) is 45.5. The molecule has 1 saturated carbocycles. The lowest BCUT2D eigenvalue weighted by molar-refractivity contribution is -0.151. The molecule has 0 bridgehead atoms. The number of para-hydroxylation sites is 1. The van der Waals surface area contributed by atoms with Gasteiger partial charge in [0.1, 0.15) is 17.8 Å². The van der Waals surface area contributed by atoms with Crippen molar-refractivity contribution in [2.45, 2.75) is 95.0 Å². The summed E-state index contributed by atoms with van der Waals surface area (Å²) >= 11 is 0. The van der Waals surface area contributed by atoms with E-state index in [4.69, 9.17) is 9.47 Å². The van der Waals surface area contributed by atoms with Crippen molar-refractivity contribution >= 4 is 17.7 Å². The molecule has 3 fully saturated rings. The molecule has 3 amide bonds. The molecule has 6 atom stereocenters.